The summed E-state index contributed by atoms with van der Waals surface area (Å²) in [6, 6.07) is 14.4. The van der Waals surface area contributed by atoms with Crippen LogP contribution in [0.15, 0.2) is 53.5 Å². The van der Waals surface area contributed by atoms with Gasteiger partial charge in [0.1, 0.15) is 0 Å². The van der Waals surface area contributed by atoms with Crippen molar-refractivity contribution in [2.45, 2.75) is 0 Å². The topological polar surface area (TPSA) is 46.5 Å². The van der Waals surface area contributed by atoms with Gasteiger partial charge in [-0.25, -0.2) is 4.99 Å². The molecule has 2 aromatic rings. The highest BCUT2D eigenvalue weighted by molar-refractivity contribution is 8.08. The molecule has 1 heterocycles. The number of fused-ring (bicyclic) bond motifs is 1. The van der Waals surface area contributed by atoms with Gasteiger partial charge in [0.15, 0.2) is 5.78 Å². The number of rotatable bonds is 3. The van der Waals surface area contributed by atoms with Crippen molar-refractivity contribution < 1.29 is 9.59 Å². The number of nitrogens with zero attached hydrogens (tertiary/aromatic N) is 1. The summed E-state index contributed by atoms with van der Waals surface area (Å²) in [5, 5.41) is 1.25. The van der Waals surface area contributed by atoms with E-state index in [4.69, 9.17) is 0 Å². The van der Waals surface area contributed by atoms with E-state index in [-0.39, 0.29) is 11.7 Å². The van der Waals surface area contributed by atoms with Crippen molar-refractivity contribution in [3.05, 3.63) is 70.2 Å². The Labute approximate surface area is 120 Å². The highest BCUT2D eigenvalue weighted by Crippen LogP contribution is 2.15. The molecule has 0 radical (unpaired) electrons. The molecule has 0 aromatic heterocycles. The van der Waals surface area contributed by atoms with Crippen molar-refractivity contribution >= 4 is 28.4 Å². The molecule has 1 amide bonds. The molecular formula is C16H11NO2S. The molecule has 4 heteroatoms. The van der Waals surface area contributed by atoms with Gasteiger partial charge in [-0.3, -0.25) is 9.59 Å². The molecule has 0 saturated heterocycles. The van der Waals surface area contributed by atoms with E-state index in [1.807, 2.05) is 30.5 Å². The Morgan fingerprint density at radius 3 is 2.50 bits per heavy atom. The van der Waals surface area contributed by atoms with Crippen LogP contribution in [0, 0.1) is 0 Å². The Balaban J connectivity index is 2.23. The Hall–Kier alpha value is -2.20. The van der Waals surface area contributed by atoms with Crippen molar-refractivity contribution in [1.82, 2.24) is 0 Å². The Morgan fingerprint density at radius 2 is 1.80 bits per heavy atom. The first-order valence-corrected chi connectivity index (χ1v) is 7.35. The maximum Gasteiger partial charge on any atom is 0.284 e. The minimum Gasteiger partial charge on any atom is -0.289 e. The van der Waals surface area contributed by atoms with Crippen molar-refractivity contribution in [1.29, 1.82) is 0 Å². The molecule has 0 fully saturated rings. The first-order valence-electron chi connectivity index (χ1n) is 6.12. The van der Waals surface area contributed by atoms with Crippen LogP contribution in [0.2, 0.25) is 0 Å². The smallest absolute Gasteiger partial charge is 0.284 e. The SMILES string of the molecule is CSC1=c2cccc(C(=O)c3ccccc3)c2=NC1=O. The number of carbonyl (C=O) groups excluding carboxylic acids is 2. The van der Waals surface area contributed by atoms with Crippen LogP contribution >= 0.6 is 11.8 Å². The summed E-state index contributed by atoms with van der Waals surface area (Å²) in [7, 11) is 0. The quantitative estimate of drug-likeness (QED) is 0.802. The van der Waals surface area contributed by atoms with Gasteiger partial charge in [0, 0.05) is 16.3 Å². The zero-order chi connectivity index (χ0) is 14.1. The molecule has 3 nitrogen and oxygen atoms in total. The average Bonchev–Trinajstić information content (AvgIpc) is 2.82. The van der Waals surface area contributed by atoms with Crippen LogP contribution in [0.1, 0.15) is 15.9 Å². The first-order chi connectivity index (χ1) is 9.72. The molecule has 0 unspecified atom stereocenters. The number of carbonyl (C=O) groups is 2. The van der Waals surface area contributed by atoms with E-state index in [9.17, 15) is 9.59 Å². The molecule has 0 saturated carbocycles. The van der Waals surface area contributed by atoms with E-state index in [0.29, 0.717) is 21.4 Å². The molecule has 0 atom stereocenters. The van der Waals surface area contributed by atoms with Gasteiger partial charge >= 0.3 is 0 Å². The molecule has 0 aliphatic carbocycles. The number of para-hydroxylation sites is 1. The lowest BCUT2D eigenvalue weighted by Gasteiger charge is -2.00. The summed E-state index contributed by atoms with van der Waals surface area (Å²) in [4.78, 5) is 29.0. The van der Waals surface area contributed by atoms with Crippen LogP contribution < -0.4 is 10.6 Å². The second-order valence-corrected chi connectivity index (χ2v) is 5.16. The largest absolute Gasteiger partial charge is 0.289 e. The molecular weight excluding hydrogens is 270 g/mol. The normalized spacial score (nSPS) is 13.1. The molecule has 3 rings (SSSR count). The van der Waals surface area contributed by atoms with Crippen LogP contribution in [0.5, 0.6) is 0 Å². The van der Waals surface area contributed by atoms with E-state index in [2.05, 4.69) is 4.99 Å². The van der Waals surface area contributed by atoms with Crippen LogP contribution in [0.4, 0.5) is 0 Å². The lowest BCUT2D eigenvalue weighted by Crippen LogP contribution is -2.29. The molecule has 20 heavy (non-hydrogen) atoms. The fourth-order valence-corrected chi connectivity index (χ4v) is 2.85. The van der Waals surface area contributed by atoms with Crippen LogP contribution in [0.3, 0.4) is 0 Å². The number of amides is 1. The lowest BCUT2D eigenvalue weighted by atomic mass is 10.0. The van der Waals surface area contributed by atoms with E-state index < -0.39 is 0 Å². The highest BCUT2D eigenvalue weighted by Gasteiger charge is 2.20. The molecule has 0 bridgehead atoms. The third kappa shape index (κ3) is 1.98. The highest BCUT2D eigenvalue weighted by atomic mass is 32.2. The first kappa shape index (κ1) is 12.8. The molecule has 1 aliphatic heterocycles. The average molecular weight is 281 g/mol. The van der Waals surface area contributed by atoms with Gasteiger partial charge < -0.3 is 0 Å². The zero-order valence-electron chi connectivity index (χ0n) is 10.8. The van der Waals surface area contributed by atoms with E-state index in [1.54, 1.807) is 24.3 Å². The molecule has 98 valence electrons. The van der Waals surface area contributed by atoms with Crippen LogP contribution in [-0.2, 0) is 4.79 Å². The summed E-state index contributed by atoms with van der Waals surface area (Å²) in [5.74, 6) is -0.373. The fraction of sp³-hybridized carbons (Fsp3) is 0.0625. The van der Waals surface area contributed by atoms with Gasteiger partial charge in [-0.05, 0) is 12.3 Å². The molecule has 0 spiro atoms. The minimum absolute atomic E-state index is 0.110. The Morgan fingerprint density at radius 1 is 1.05 bits per heavy atom. The van der Waals surface area contributed by atoms with Gasteiger partial charge in [-0.1, -0.05) is 42.5 Å². The maximum absolute atomic E-state index is 12.5. The summed E-state index contributed by atoms with van der Waals surface area (Å²) in [6.45, 7) is 0. The number of hydrogen-bond acceptors (Lipinski definition) is 3. The number of hydrogen-bond donors (Lipinski definition) is 0. The number of ketones is 1. The predicted molar refractivity (Wildman–Crippen MR) is 79.0 cm³/mol. The van der Waals surface area contributed by atoms with Gasteiger partial charge in [0.2, 0.25) is 0 Å². The van der Waals surface area contributed by atoms with Crippen molar-refractivity contribution in [2.24, 2.45) is 4.99 Å². The monoisotopic (exact) mass is 281 g/mol. The van der Waals surface area contributed by atoms with Crippen molar-refractivity contribution in [3.8, 4) is 0 Å². The Kier molecular flexibility index (Phi) is 3.24. The summed E-state index contributed by atoms with van der Waals surface area (Å²) in [5.41, 5.74) is 1.08. The van der Waals surface area contributed by atoms with E-state index >= 15 is 0 Å². The molecule has 0 N–H and O–H groups in total. The van der Waals surface area contributed by atoms with Crippen LogP contribution in [-0.4, -0.2) is 17.9 Å². The second-order valence-electron chi connectivity index (χ2n) is 4.35. The Bertz CT molecular complexity index is 825. The minimum atomic E-state index is -0.263. The maximum atomic E-state index is 12.5. The third-order valence-corrected chi connectivity index (χ3v) is 3.98. The predicted octanol–water partition coefficient (Wildman–Crippen LogP) is 1.55. The van der Waals surface area contributed by atoms with E-state index in [0.717, 1.165) is 5.22 Å². The zero-order valence-corrected chi connectivity index (χ0v) is 11.6. The standard InChI is InChI=1S/C16H11NO2S/c1-20-15-12-9-5-8-11(13(12)17-16(15)19)14(18)10-6-3-2-4-7-10/h2-9H,1H3. The van der Waals surface area contributed by atoms with Crippen molar-refractivity contribution in [3.63, 3.8) is 0 Å². The van der Waals surface area contributed by atoms with Gasteiger partial charge in [0.25, 0.3) is 5.91 Å². The number of benzene rings is 2. The molecule has 2 aromatic carbocycles. The van der Waals surface area contributed by atoms with Gasteiger partial charge in [-0.2, -0.15) is 0 Å². The molecule has 1 aliphatic rings. The summed E-state index contributed by atoms with van der Waals surface area (Å²) >= 11 is 1.36. The van der Waals surface area contributed by atoms with Crippen molar-refractivity contribution in [2.75, 3.05) is 6.26 Å². The van der Waals surface area contributed by atoms with Gasteiger partial charge in [-0.15, -0.1) is 11.8 Å². The lowest BCUT2D eigenvalue weighted by molar-refractivity contribution is -0.112. The van der Waals surface area contributed by atoms with E-state index in [1.165, 1.54) is 11.8 Å². The summed E-state index contributed by atoms with van der Waals surface area (Å²) in [6.07, 6.45) is 1.84. The van der Waals surface area contributed by atoms with Crippen LogP contribution in [0.25, 0.3) is 4.91 Å². The summed E-state index contributed by atoms with van der Waals surface area (Å²) < 4.78 is 0. The van der Waals surface area contributed by atoms with Gasteiger partial charge in [0.05, 0.1) is 10.3 Å². The third-order valence-electron chi connectivity index (χ3n) is 3.17. The fourth-order valence-electron chi connectivity index (χ4n) is 2.24. The second kappa shape index (κ2) is 5.06. The number of thioether (sulfide) groups is 1.